The first kappa shape index (κ1) is 16.5. The molecule has 0 bridgehead atoms. The van der Waals surface area contributed by atoms with E-state index in [2.05, 4.69) is 5.32 Å². The van der Waals surface area contributed by atoms with Crippen molar-refractivity contribution < 1.29 is 14.5 Å². The van der Waals surface area contributed by atoms with Gasteiger partial charge in [-0.15, -0.1) is 0 Å². The lowest BCUT2D eigenvalue weighted by Gasteiger charge is -2.15. The molecule has 6 nitrogen and oxygen atoms in total. The maximum Gasteiger partial charge on any atom is 0.274 e. The monoisotopic (exact) mass is 314 g/mol. The van der Waals surface area contributed by atoms with Crippen molar-refractivity contribution in [3.05, 3.63) is 63.7 Å². The fourth-order valence-corrected chi connectivity index (χ4v) is 2.07. The van der Waals surface area contributed by atoms with Gasteiger partial charge in [0.1, 0.15) is 5.75 Å². The predicted octanol–water partition coefficient (Wildman–Crippen LogP) is 3.62. The van der Waals surface area contributed by atoms with Crippen LogP contribution in [0.2, 0.25) is 0 Å². The lowest BCUT2D eigenvalue weighted by atomic mass is 10.1. The van der Waals surface area contributed by atoms with Crippen LogP contribution in [0, 0.1) is 24.0 Å². The Kier molecular flexibility index (Phi) is 4.95. The van der Waals surface area contributed by atoms with E-state index in [0.29, 0.717) is 17.0 Å². The minimum absolute atomic E-state index is 0.0325. The van der Waals surface area contributed by atoms with Gasteiger partial charge in [0.15, 0.2) is 6.10 Å². The molecule has 0 fully saturated rings. The van der Waals surface area contributed by atoms with Gasteiger partial charge in [-0.2, -0.15) is 0 Å². The van der Waals surface area contributed by atoms with E-state index < -0.39 is 11.0 Å². The molecule has 0 aliphatic heterocycles. The maximum absolute atomic E-state index is 12.2. The molecular formula is C17H18N2O4. The molecule has 0 heterocycles. The van der Waals surface area contributed by atoms with Crippen LogP contribution in [0.1, 0.15) is 18.1 Å². The summed E-state index contributed by atoms with van der Waals surface area (Å²) in [6.45, 7) is 5.19. The number of nitro benzene ring substituents is 1. The second kappa shape index (κ2) is 6.91. The number of ether oxygens (including phenoxy) is 1. The Morgan fingerprint density at radius 1 is 1.17 bits per heavy atom. The van der Waals surface area contributed by atoms with Crippen molar-refractivity contribution in [1.82, 2.24) is 0 Å². The average molecular weight is 314 g/mol. The average Bonchev–Trinajstić information content (AvgIpc) is 2.51. The number of nitrogens with one attached hydrogen (secondary N) is 1. The molecule has 0 saturated carbocycles. The van der Waals surface area contributed by atoms with Crippen LogP contribution < -0.4 is 10.1 Å². The van der Waals surface area contributed by atoms with Crippen LogP contribution >= 0.6 is 0 Å². The Morgan fingerprint density at radius 2 is 1.83 bits per heavy atom. The molecule has 2 rings (SSSR count). The summed E-state index contributed by atoms with van der Waals surface area (Å²) in [6, 6.07) is 11.9. The third-order valence-corrected chi connectivity index (χ3v) is 3.46. The highest BCUT2D eigenvalue weighted by Gasteiger charge is 2.19. The minimum Gasteiger partial charge on any atom is -0.481 e. The predicted molar refractivity (Wildman–Crippen MR) is 87.7 cm³/mol. The van der Waals surface area contributed by atoms with Crippen LogP contribution in [0.25, 0.3) is 0 Å². The number of nitrogens with zero attached hydrogens (tertiary/aromatic N) is 1. The first-order valence-corrected chi connectivity index (χ1v) is 7.16. The zero-order valence-electron chi connectivity index (χ0n) is 13.2. The van der Waals surface area contributed by atoms with Gasteiger partial charge < -0.3 is 10.1 Å². The van der Waals surface area contributed by atoms with Crippen LogP contribution in [0.4, 0.5) is 11.4 Å². The van der Waals surface area contributed by atoms with E-state index in [0.717, 1.165) is 5.56 Å². The zero-order valence-corrected chi connectivity index (χ0v) is 13.2. The van der Waals surface area contributed by atoms with Gasteiger partial charge in [-0.3, -0.25) is 14.9 Å². The molecule has 1 amide bonds. The molecule has 0 saturated heterocycles. The van der Waals surface area contributed by atoms with Gasteiger partial charge in [0.05, 0.1) is 16.2 Å². The number of carbonyl (C=O) groups excluding carboxylic acids is 1. The van der Waals surface area contributed by atoms with Crippen molar-refractivity contribution in [2.45, 2.75) is 26.9 Å². The summed E-state index contributed by atoms with van der Waals surface area (Å²) in [5, 5.41) is 13.6. The molecule has 2 aromatic rings. The van der Waals surface area contributed by atoms with Gasteiger partial charge in [0, 0.05) is 6.07 Å². The standard InChI is InChI=1S/C17H18N2O4/c1-11-7-9-14(10-8-11)23-13(3)17(20)18-15-5-4-6-16(12(15)2)19(21)22/h4-10,13H,1-3H3,(H,18,20)/t13-/m0/s1. The number of amides is 1. The number of benzene rings is 2. The first-order valence-electron chi connectivity index (χ1n) is 7.16. The van der Waals surface area contributed by atoms with Crippen LogP contribution in [0.3, 0.4) is 0 Å². The van der Waals surface area contributed by atoms with Crippen LogP contribution in [0.15, 0.2) is 42.5 Å². The highest BCUT2D eigenvalue weighted by Crippen LogP contribution is 2.25. The molecule has 0 aliphatic carbocycles. The quantitative estimate of drug-likeness (QED) is 0.675. The number of nitro groups is 1. The summed E-state index contributed by atoms with van der Waals surface area (Å²) in [5.41, 5.74) is 1.88. The van der Waals surface area contributed by atoms with Crippen LogP contribution in [-0.4, -0.2) is 16.9 Å². The summed E-state index contributed by atoms with van der Waals surface area (Å²) >= 11 is 0. The van der Waals surface area contributed by atoms with E-state index in [1.54, 1.807) is 32.0 Å². The van der Waals surface area contributed by atoms with Crippen molar-refractivity contribution in [3.8, 4) is 5.75 Å². The van der Waals surface area contributed by atoms with E-state index in [9.17, 15) is 14.9 Å². The van der Waals surface area contributed by atoms with E-state index in [4.69, 9.17) is 4.74 Å². The van der Waals surface area contributed by atoms with Gasteiger partial charge in [0.25, 0.3) is 11.6 Å². The molecule has 1 N–H and O–H groups in total. The molecule has 120 valence electrons. The topological polar surface area (TPSA) is 81.5 Å². The third-order valence-electron chi connectivity index (χ3n) is 3.46. The minimum atomic E-state index is -0.726. The van der Waals surface area contributed by atoms with Crippen molar-refractivity contribution in [3.63, 3.8) is 0 Å². The lowest BCUT2D eigenvalue weighted by Crippen LogP contribution is -2.30. The van der Waals surface area contributed by atoms with E-state index in [1.807, 2.05) is 19.1 Å². The Morgan fingerprint density at radius 3 is 2.43 bits per heavy atom. The van der Waals surface area contributed by atoms with E-state index in [1.165, 1.54) is 12.1 Å². The highest BCUT2D eigenvalue weighted by molar-refractivity contribution is 5.95. The molecule has 0 radical (unpaired) electrons. The Labute approximate surface area is 134 Å². The molecule has 0 aliphatic rings. The highest BCUT2D eigenvalue weighted by atomic mass is 16.6. The molecule has 0 aromatic heterocycles. The fraction of sp³-hybridized carbons (Fsp3) is 0.235. The third kappa shape index (κ3) is 4.06. The number of anilines is 1. The van der Waals surface area contributed by atoms with Gasteiger partial charge in [0.2, 0.25) is 0 Å². The summed E-state index contributed by atoms with van der Waals surface area (Å²) in [5.74, 6) is 0.225. The summed E-state index contributed by atoms with van der Waals surface area (Å²) in [7, 11) is 0. The van der Waals surface area contributed by atoms with Crippen molar-refractivity contribution in [2.24, 2.45) is 0 Å². The number of rotatable bonds is 5. The molecule has 2 aromatic carbocycles. The maximum atomic E-state index is 12.2. The van der Waals surface area contributed by atoms with Gasteiger partial charge in [-0.05, 0) is 39.0 Å². The van der Waals surface area contributed by atoms with Gasteiger partial charge in [-0.25, -0.2) is 0 Å². The first-order chi connectivity index (χ1) is 10.9. The summed E-state index contributed by atoms with van der Waals surface area (Å²) in [6.07, 6.45) is -0.726. The van der Waals surface area contributed by atoms with Gasteiger partial charge in [-0.1, -0.05) is 23.8 Å². The molecule has 23 heavy (non-hydrogen) atoms. The Hall–Kier alpha value is -2.89. The van der Waals surface area contributed by atoms with Crippen LogP contribution in [0.5, 0.6) is 5.75 Å². The Balaban J connectivity index is 2.08. The van der Waals surface area contributed by atoms with Crippen LogP contribution in [-0.2, 0) is 4.79 Å². The lowest BCUT2D eigenvalue weighted by molar-refractivity contribution is -0.385. The van der Waals surface area contributed by atoms with Crippen molar-refractivity contribution >= 4 is 17.3 Å². The zero-order chi connectivity index (χ0) is 17.0. The molecule has 0 spiro atoms. The van der Waals surface area contributed by atoms with Crippen molar-refractivity contribution in [1.29, 1.82) is 0 Å². The number of hydrogen-bond donors (Lipinski definition) is 1. The number of hydrogen-bond acceptors (Lipinski definition) is 4. The SMILES string of the molecule is Cc1ccc(O[C@@H](C)C(=O)Nc2cccc([N+](=O)[O-])c2C)cc1. The fourth-order valence-electron chi connectivity index (χ4n) is 2.07. The normalized spacial score (nSPS) is 11.6. The number of aryl methyl sites for hydroxylation is 1. The number of carbonyl (C=O) groups is 1. The second-order valence-corrected chi connectivity index (χ2v) is 5.27. The molecular weight excluding hydrogens is 296 g/mol. The Bertz CT molecular complexity index is 726. The summed E-state index contributed by atoms with van der Waals surface area (Å²) in [4.78, 5) is 22.7. The molecule has 1 atom stereocenters. The smallest absolute Gasteiger partial charge is 0.274 e. The van der Waals surface area contributed by atoms with Crippen molar-refractivity contribution in [2.75, 3.05) is 5.32 Å². The largest absolute Gasteiger partial charge is 0.481 e. The second-order valence-electron chi connectivity index (χ2n) is 5.27. The molecule has 0 unspecified atom stereocenters. The molecule has 6 heteroatoms. The van der Waals surface area contributed by atoms with E-state index in [-0.39, 0.29) is 11.6 Å². The van der Waals surface area contributed by atoms with E-state index >= 15 is 0 Å². The summed E-state index contributed by atoms with van der Waals surface area (Å²) < 4.78 is 5.57. The van der Waals surface area contributed by atoms with Gasteiger partial charge >= 0.3 is 0 Å².